The number of halogens is 2. The Morgan fingerprint density at radius 1 is 1.40 bits per heavy atom. The van der Waals surface area contributed by atoms with E-state index in [0.717, 1.165) is 31.5 Å². The van der Waals surface area contributed by atoms with Crippen LogP contribution >= 0.6 is 11.6 Å². The number of ether oxygens (including phenoxy) is 1. The van der Waals surface area contributed by atoms with Crippen molar-refractivity contribution < 1.29 is 13.9 Å². The van der Waals surface area contributed by atoms with Crippen molar-refractivity contribution in [3.05, 3.63) is 28.7 Å². The van der Waals surface area contributed by atoms with Gasteiger partial charge >= 0.3 is 0 Å². The summed E-state index contributed by atoms with van der Waals surface area (Å²) < 4.78 is 21.9. The van der Waals surface area contributed by atoms with Gasteiger partial charge in [-0.3, -0.25) is 14.4 Å². The molecule has 0 N–H and O–H groups in total. The van der Waals surface area contributed by atoms with Crippen LogP contribution in [0.2, 0.25) is 5.02 Å². The average Bonchev–Trinajstić information content (AvgIpc) is 2.94. The van der Waals surface area contributed by atoms with Gasteiger partial charge in [-0.1, -0.05) is 17.5 Å². The Morgan fingerprint density at radius 2 is 2.24 bits per heavy atom. The zero-order valence-electron chi connectivity index (χ0n) is 13.4. The number of nitrogens with zero attached hydrogens (tertiary/aromatic N) is 3. The number of anilines is 1. The number of carbonyl (C=O) groups excluding carboxylic acids is 1. The standard InChI is InChI=1S/C18H15ClFN3O2/c1-2-6-22-14-8-11(12(20)9-15(14)25-10-16(22)24)18-17(19)13-5-3-4-7-23(13)21-18/h1,8-9H,3-7,10H2. The lowest BCUT2D eigenvalue weighted by molar-refractivity contribution is -0.121. The smallest absolute Gasteiger partial charge is 0.265 e. The van der Waals surface area contributed by atoms with E-state index in [2.05, 4.69) is 11.0 Å². The fourth-order valence-corrected chi connectivity index (χ4v) is 3.62. The fourth-order valence-electron chi connectivity index (χ4n) is 3.29. The molecule has 7 heteroatoms. The molecule has 128 valence electrons. The summed E-state index contributed by atoms with van der Waals surface area (Å²) in [6.07, 6.45) is 8.24. The van der Waals surface area contributed by atoms with E-state index >= 15 is 0 Å². The van der Waals surface area contributed by atoms with Crippen molar-refractivity contribution in [2.45, 2.75) is 25.8 Å². The lowest BCUT2D eigenvalue weighted by Gasteiger charge is -2.28. The first kappa shape index (κ1) is 16.0. The van der Waals surface area contributed by atoms with Gasteiger partial charge in [0, 0.05) is 18.2 Å². The summed E-state index contributed by atoms with van der Waals surface area (Å²) in [6, 6.07) is 2.80. The monoisotopic (exact) mass is 359 g/mol. The molecular formula is C18H15ClFN3O2. The van der Waals surface area contributed by atoms with Crippen LogP contribution in [0.3, 0.4) is 0 Å². The molecule has 0 atom stereocenters. The summed E-state index contributed by atoms with van der Waals surface area (Å²) in [5.41, 5.74) is 1.99. The van der Waals surface area contributed by atoms with Crippen LogP contribution in [0.15, 0.2) is 12.1 Å². The van der Waals surface area contributed by atoms with Crippen LogP contribution in [0, 0.1) is 18.2 Å². The number of hydrogen-bond acceptors (Lipinski definition) is 3. The zero-order valence-corrected chi connectivity index (χ0v) is 14.1. The summed E-state index contributed by atoms with van der Waals surface area (Å²) in [4.78, 5) is 13.5. The van der Waals surface area contributed by atoms with Gasteiger partial charge in [-0.05, 0) is 25.3 Å². The van der Waals surface area contributed by atoms with E-state index in [0.29, 0.717) is 16.4 Å². The molecule has 0 unspecified atom stereocenters. The van der Waals surface area contributed by atoms with Crippen molar-refractivity contribution in [2.24, 2.45) is 0 Å². The highest BCUT2D eigenvalue weighted by Gasteiger charge is 2.29. The van der Waals surface area contributed by atoms with Crippen LogP contribution in [0.4, 0.5) is 10.1 Å². The highest BCUT2D eigenvalue weighted by atomic mass is 35.5. The molecule has 1 aromatic carbocycles. The second-order valence-electron chi connectivity index (χ2n) is 6.06. The van der Waals surface area contributed by atoms with Crippen molar-refractivity contribution in [1.82, 2.24) is 9.78 Å². The van der Waals surface area contributed by atoms with E-state index in [-0.39, 0.29) is 30.4 Å². The van der Waals surface area contributed by atoms with Crippen LogP contribution in [0.25, 0.3) is 11.3 Å². The number of fused-ring (bicyclic) bond motifs is 2. The van der Waals surface area contributed by atoms with E-state index in [1.165, 1.54) is 11.0 Å². The topological polar surface area (TPSA) is 47.4 Å². The summed E-state index contributed by atoms with van der Waals surface area (Å²) in [6.45, 7) is 0.702. The lowest BCUT2D eigenvalue weighted by Crippen LogP contribution is -2.39. The van der Waals surface area contributed by atoms with Gasteiger partial charge in [-0.15, -0.1) is 6.42 Å². The van der Waals surface area contributed by atoms with Crippen molar-refractivity contribution in [3.8, 4) is 29.4 Å². The number of carbonyl (C=O) groups is 1. The third kappa shape index (κ3) is 2.56. The molecule has 0 saturated heterocycles. The van der Waals surface area contributed by atoms with Crippen molar-refractivity contribution in [1.29, 1.82) is 0 Å². The van der Waals surface area contributed by atoms with Crippen LogP contribution in [0.5, 0.6) is 5.75 Å². The summed E-state index contributed by atoms with van der Waals surface area (Å²) in [5.74, 6) is 1.97. The molecular weight excluding hydrogens is 345 g/mol. The summed E-state index contributed by atoms with van der Waals surface area (Å²) in [5, 5.41) is 4.94. The van der Waals surface area contributed by atoms with Crippen molar-refractivity contribution in [3.63, 3.8) is 0 Å². The van der Waals surface area contributed by atoms with Crippen molar-refractivity contribution >= 4 is 23.2 Å². The molecule has 0 aliphatic carbocycles. The van der Waals surface area contributed by atoms with Gasteiger partial charge in [0.2, 0.25) is 0 Å². The van der Waals surface area contributed by atoms with Gasteiger partial charge in [0.25, 0.3) is 5.91 Å². The second-order valence-corrected chi connectivity index (χ2v) is 6.44. The van der Waals surface area contributed by atoms with E-state index in [9.17, 15) is 9.18 Å². The van der Waals surface area contributed by atoms with E-state index < -0.39 is 5.82 Å². The molecule has 0 spiro atoms. The normalized spacial score (nSPS) is 16.0. The molecule has 3 heterocycles. The average molecular weight is 360 g/mol. The zero-order chi connectivity index (χ0) is 17.6. The fraction of sp³-hybridized carbons (Fsp3) is 0.333. The van der Waals surface area contributed by atoms with Gasteiger partial charge in [0.1, 0.15) is 17.3 Å². The molecule has 0 saturated carbocycles. The maximum Gasteiger partial charge on any atom is 0.265 e. The highest BCUT2D eigenvalue weighted by Crippen LogP contribution is 2.40. The highest BCUT2D eigenvalue weighted by molar-refractivity contribution is 6.33. The Morgan fingerprint density at radius 3 is 3.00 bits per heavy atom. The summed E-state index contributed by atoms with van der Waals surface area (Å²) in [7, 11) is 0. The molecule has 25 heavy (non-hydrogen) atoms. The molecule has 1 amide bonds. The molecule has 4 rings (SSSR count). The maximum absolute atomic E-state index is 14.7. The molecule has 2 aliphatic heterocycles. The van der Waals surface area contributed by atoms with Crippen LogP contribution in [0.1, 0.15) is 18.5 Å². The Bertz CT molecular complexity index is 916. The number of aryl methyl sites for hydroxylation is 1. The molecule has 2 aliphatic rings. The Kier molecular flexibility index (Phi) is 3.89. The number of amides is 1. The van der Waals surface area contributed by atoms with Gasteiger partial charge in [-0.2, -0.15) is 5.10 Å². The van der Waals surface area contributed by atoms with Gasteiger partial charge < -0.3 is 4.74 Å². The first-order valence-electron chi connectivity index (χ1n) is 8.06. The molecule has 1 aromatic heterocycles. The first-order chi connectivity index (χ1) is 12.1. The summed E-state index contributed by atoms with van der Waals surface area (Å²) >= 11 is 6.46. The minimum absolute atomic E-state index is 0.0910. The van der Waals surface area contributed by atoms with E-state index in [1.54, 1.807) is 6.07 Å². The van der Waals surface area contributed by atoms with Crippen LogP contribution in [-0.4, -0.2) is 28.8 Å². The Hall–Kier alpha value is -2.52. The van der Waals surface area contributed by atoms with Crippen LogP contribution in [-0.2, 0) is 17.8 Å². The number of rotatable bonds is 2. The molecule has 0 fully saturated rings. The van der Waals surface area contributed by atoms with Crippen LogP contribution < -0.4 is 9.64 Å². The number of benzene rings is 1. The Labute approximate surface area is 149 Å². The van der Waals surface area contributed by atoms with E-state index in [4.69, 9.17) is 22.8 Å². The predicted molar refractivity (Wildman–Crippen MR) is 92.3 cm³/mol. The minimum Gasteiger partial charge on any atom is -0.481 e. The van der Waals surface area contributed by atoms with Gasteiger partial charge in [0.15, 0.2) is 6.61 Å². The largest absolute Gasteiger partial charge is 0.481 e. The number of aromatic nitrogens is 2. The quantitative estimate of drug-likeness (QED) is 0.774. The second kappa shape index (κ2) is 6.08. The lowest BCUT2D eigenvalue weighted by atomic mass is 10.1. The minimum atomic E-state index is -0.494. The molecule has 2 aromatic rings. The van der Waals surface area contributed by atoms with Gasteiger partial charge in [-0.25, -0.2) is 4.39 Å². The molecule has 5 nitrogen and oxygen atoms in total. The SMILES string of the molecule is C#CCN1C(=O)COc2cc(F)c(-c3nn4c(c3Cl)CCCC4)cc21. The maximum atomic E-state index is 14.7. The van der Waals surface area contributed by atoms with Crippen molar-refractivity contribution in [2.75, 3.05) is 18.1 Å². The molecule has 0 bridgehead atoms. The molecule has 0 radical (unpaired) electrons. The van der Waals surface area contributed by atoms with E-state index in [1.807, 2.05) is 4.68 Å². The predicted octanol–water partition coefficient (Wildman–Crippen LogP) is 3.04. The van der Waals surface area contributed by atoms with Gasteiger partial charge in [0.05, 0.1) is 22.9 Å². The number of hydrogen-bond donors (Lipinski definition) is 0. The third-order valence-electron chi connectivity index (χ3n) is 4.52. The third-order valence-corrected chi connectivity index (χ3v) is 4.92. The Balaban J connectivity index is 1.86. The number of terminal acetylenes is 1. The first-order valence-corrected chi connectivity index (χ1v) is 8.43.